The van der Waals surface area contributed by atoms with Crippen LogP contribution in [0.5, 0.6) is 0 Å². The highest BCUT2D eigenvalue weighted by Crippen LogP contribution is 2.37. The van der Waals surface area contributed by atoms with Gasteiger partial charge in [0, 0.05) is 31.2 Å². The Balaban J connectivity index is 1.80. The monoisotopic (exact) mass is 449 g/mol. The van der Waals surface area contributed by atoms with E-state index in [-0.39, 0.29) is 17.0 Å². The number of amides is 2. The topological polar surface area (TPSA) is 43.9 Å². The zero-order chi connectivity index (χ0) is 22.3. The number of imide groups is 1. The van der Waals surface area contributed by atoms with Crippen LogP contribution in [0.15, 0.2) is 54.2 Å². The Morgan fingerprint density at radius 2 is 1.55 bits per heavy atom. The molecule has 0 N–H and O–H groups in total. The van der Waals surface area contributed by atoms with Crippen molar-refractivity contribution in [1.82, 2.24) is 9.80 Å². The first-order valence-electron chi connectivity index (χ1n) is 9.66. The molecule has 0 saturated carbocycles. The number of hydrogen-bond donors (Lipinski definition) is 0. The molecule has 31 heavy (non-hydrogen) atoms. The fraction of sp³-hybridized carbons (Fsp3) is 0.273. The summed E-state index contributed by atoms with van der Waals surface area (Å²) >= 11 is 5.97. The van der Waals surface area contributed by atoms with Crippen molar-refractivity contribution in [3.8, 4) is 0 Å². The molecule has 0 aromatic heterocycles. The standard InChI is InChI=1S/C22H19ClF3N3O2/c1-27-9-11-28(12-10-27)19-18(14-5-7-16(23)8-6-14)20(30)29(21(19)31)17-4-2-3-15(13-17)22(24,25)26/h2-8,13H,9-12H2,1H3. The Morgan fingerprint density at radius 3 is 2.16 bits per heavy atom. The SMILES string of the molecule is CN1CCN(C2=C(c3ccc(Cl)cc3)C(=O)N(c3cccc(C(F)(F)F)c3)C2=O)CC1. The molecule has 0 spiro atoms. The average molecular weight is 450 g/mol. The van der Waals surface area contributed by atoms with Crippen molar-refractivity contribution in [2.24, 2.45) is 0 Å². The predicted molar refractivity (Wildman–Crippen MR) is 111 cm³/mol. The highest BCUT2D eigenvalue weighted by molar-refractivity contribution is 6.45. The first-order valence-corrected chi connectivity index (χ1v) is 10.0. The number of benzene rings is 2. The van der Waals surface area contributed by atoms with Crippen LogP contribution in [0.25, 0.3) is 5.57 Å². The van der Waals surface area contributed by atoms with Crippen molar-refractivity contribution in [2.45, 2.75) is 6.18 Å². The van der Waals surface area contributed by atoms with Crippen molar-refractivity contribution < 1.29 is 22.8 Å². The molecule has 5 nitrogen and oxygen atoms in total. The molecule has 4 rings (SSSR count). The van der Waals surface area contributed by atoms with E-state index in [9.17, 15) is 22.8 Å². The summed E-state index contributed by atoms with van der Waals surface area (Å²) in [6, 6.07) is 10.7. The highest BCUT2D eigenvalue weighted by Gasteiger charge is 2.43. The van der Waals surface area contributed by atoms with Crippen LogP contribution in [0.2, 0.25) is 5.02 Å². The van der Waals surface area contributed by atoms with E-state index in [0.717, 1.165) is 17.0 Å². The smallest absolute Gasteiger partial charge is 0.364 e. The first kappa shape index (κ1) is 21.4. The summed E-state index contributed by atoms with van der Waals surface area (Å²) in [7, 11) is 1.96. The van der Waals surface area contributed by atoms with Gasteiger partial charge in [-0.1, -0.05) is 29.8 Å². The summed E-state index contributed by atoms with van der Waals surface area (Å²) in [6.45, 7) is 2.45. The second-order valence-electron chi connectivity index (χ2n) is 7.51. The molecule has 2 aromatic carbocycles. The quantitative estimate of drug-likeness (QED) is 0.667. The predicted octanol–water partition coefficient (Wildman–Crippen LogP) is 3.89. The lowest BCUT2D eigenvalue weighted by atomic mass is 10.0. The third-order valence-electron chi connectivity index (χ3n) is 5.44. The number of halogens is 4. The largest absolute Gasteiger partial charge is 0.416 e. The molecule has 0 bridgehead atoms. The number of alkyl halides is 3. The van der Waals surface area contributed by atoms with Crippen molar-refractivity contribution in [3.63, 3.8) is 0 Å². The summed E-state index contributed by atoms with van der Waals surface area (Å²) in [6.07, 6.45) is -4.59. The zero-order valence-electron chi connectivity index (χ0n) is 16.6. The molecule has 0 atom stereocenters. The fourth-order valence-corrected chi connectivity index (χ4v) is 3.90. The van der Waals surface area contributed by atoms with E-state index >= 15 is 0 Å². The normalized spacial score (nSPS) is 18.4. The minimum Gasteiger partial charge on any atom is -0.364 e. The van der Waals surface area contributed by atoms with Gasteiger partial charge < -0.3 is 9.80 Å². The lowest BCUT2D eigenvalue weighted by Gasteiger charge is -2.34. The third-order valence-corrected chi connectivity index (χ3v) is 5.70. The minimum absolute atomic E-state index is 0.111. The zero-order valence-corrected chi connectivity index (χ0v) is 17.4. The van der Waals surface area contributed by atoms with Gasteiger partial charge in [-0.2, -0.15) is 13.2 Å². The number of carbonyl (C=O) groups excluding carboxylic acids is 2. The average Bonchev–Trinajstić information content (AvgIpc) is 2.99. The molecule has 1 fully saturated rings. The van der Waals surface area contributed by atoms with Crippen LogP contribution in [0.1, 0.15) is 11.1 Å². The maximum atomic E-state index is 13.4. The summed E-state index contributed by atoms with van der Waals surface area (Å²) in [5.41, 5.74) is -0.167. The molecular formula is C22H19ClF3N3O2. The Kier molecular flexibility index (Phi) is 5.53. The lowest BCUT2D eigenvalue weighted by Crippen LogP contribution is -2.46. The van der Waals surface area contributed by atoms with E-state index in [1.165, 1.54) is 12.1 Å². The number of anilines is 1. The third kappa shape index (κ3) is 4.05. The van der Waals surface area contributed by atoms with E-state index in [1.807, 2.05) is 11.9 Å². The van der Waals surface area contributed by atoms with Crippen LogP contribution in [0, 0.1) is 0 Å². The second-order valence-corrected chi connectivity index (χ2v) is 7.95. The van der Waals surface area contributed by atoms with Crippen molar-refractivity contribution in [2.75, 3.05) is 38.1 Å². The maximum absolute atomic E-state index is 13.4. The van der Waals surface area contributed by atoms with E-state index in [1.54, 1.807) is 24.3 Å². The van der Waals surface area contributed by atoms with Crippen LogP contribution in [-0.2, 0) is 15.8 Å². The van der Waals surface area contributed by atoms with Gasteiger partial charge >= 0.3 is 6.18 Å². The molecule has 1 saturated heterocycles. The number of hydrogen-bond acceptors (Lipinski definition) is 4. The van der Waals surface area contributed by atoms with Crippen LogP contribution in [0.4, 0.5) is 18.9 Å². The molecule has 0 radical (unpaired) electrons. The molecule has 2 aliphatic heterocycles. The van der Waals surface area contributed by atoms with Crippen LogP contribution in [0.3, 0.4) is 0 Å². The van der Waals surface area contributed by atoms with Gasteiger partial charge in [0.05, 0.1) is 16.8 Å². The van der Waals surface area contributed by atoms with E-state index in [2.05, 4.69) is 4.90 Å². The number of likely N-dealkylation sites (N-methyl/N-ethyl adjacent to an activating group) is 1. The van der Waals surface area contributed by atoms with Gasteiger partial charge in [0.1, 0.15) is 5.70 Å². The molecule has 162 valence electrons. The molecule has 9 heteroatoms. The highest BCUT2D eigenvalue weighted by atomic mass is 35.5. The van der Waals surface area contributed by atoms with Gasteiger partial charge in [-0.05, 0) is 42.9 Å². The van der Waals surface area contributed by atoms with E-state index in [0.29, 0.717) is 36.8 Å². The van der Waals surface area contributed by atoms with Crippen molar-refractivity contribution in [3.05, 3.63) is 70.4 Å². The van der Waals surface area contributed by atoms with Crippen molar-refractivity contribution in [1.29, 1.82) is 0 Å². The molecule has 2 amide bonds. The number of nitrogens with zero attached hydrogens (tertiary/aromatic N) is 3. The van der Waals surface area contributed by atoms with Gasteiger partial charge in [0.15, 0.2) is 0 Å². The second kappa shape index (κ2) is 8.01. The number of rotatable bonds is 3. The summed E-state index contributed by atoms with van der Waals surface area (Å²) < 4.78 is 39.6. The van der Waals surface area contributed by atoms with Crippen LogP contribution >= 0.6 is 11.6 Å². The maximum Gasteiger partial charge on any atom is 0.416 e. The summed E-state index contributed by atoms with van der Waals surface area (Å²) in [5, 5.41) is 0.469. The molecule has 2 heterocycles. The summed E-state index contributed by atoms with van der Waals surface area (Å²) in [4.78, 5) is 31.5. The Labute approximate surface area is 182 Å². The molecule has 2 aromatic rings. The minimum atomic E-state index is -4.59. The van der Waals surface area contributed by atoms with Gasteiger partial charge in [-0.3, -0.25) is 9.59 Å². The Bertz CT molecular complexity index is 1060. The van der Waals surface area contributed by atoms with Crippen LogP contribution in [-0.4, -0.2) is 54.8 Å². The molecular weight excluding hydrogens is 431 g/mol. The molecule has 0 unspecified atom stereocenters. The van der Waals surface area contributed by atoms with Crippen LogP contribution < -0.4 is 4.90 Å². The van der Waals surface area contributed by atoms with Gasteiger partial charge in [-0.15, -0.1) is 0 Å². The summed E-state index contributed by atoms with van der Waals surface area (Å²) in [5.74, 6) is -1.28. The number of piperazine rings is 1. The van der Waals surface area contributed by atoms with E-state index < -0.39 is 23.6 Å². The van der Waals surface area contributed by atoms with Crippen molar-refractivity contribution >= 4 is 34.7 Å². The van der Waals surface area contributed by atoms with Gasteiger partial charge in [0.25, 0.3) is 11.8 Å². The Morgan fingerprint density at radius 1 is 0.903 bits per heavy atom. The molecule has 2 aliphatic rings. The van der Waals surface area contributed by atoms with Gasteiger partial charge in [0.2, 0.25) is 0 Å². The fourth-order valence-electron chi connectivity index (χ4n) is 3.77. The number of carbonyl (C=O) groups is 2. The lowest BCUT2D eigenvalue weighted by molar-refractivity contribution is -0.137. The first-order chi connectivity index (χ1) is 14.7. The van der Waals surface area contributed by atoms with Gasteiger partial charge in [-0.25, -0.2) is 4.90 Å². The van der Waals surface area contributed by atoms with E-state index in [4.69, 9.17) is 11.6 Å². The Hall–Kier alpha value is -2.84. The molecule has 0 aliphatic carbocycles.